The van der Waals surface area contributed by atoms with Gasteiger partial charge in [0.2, 0.25) is 5.91 Å². The molecule has 1 aliphatic heterocycles. The third kappa shape index (κ3) is 2.56. The minimum atomic E-state index is -0.804. The predicted octanol–water partition coefficient (Wildman–Crippen LogP) is 3.12. The largest absolute Gasteiger partial charge is 0.340 e. The third-order valence-corrected chi connectivity index (χ3v) is 4.97. The lowest BCUT2D eigenvalue weighted by molar-refractivity contribution is -0.136. The van der Waals surface area contributed by atoms with Crippen LogP contribution in [0.25, 0.3) is 0 Å². The summed E-state index contributed by atoms with van der Waals surface area (Å²) in [7, 11) is 0. The minimum absolute atomic E-state index is 0.0364. The molecular formula is C14H16BrClN2O2. The lowest BCUT2D eigenvalue weighted by atomic mass is 9.88. The number of hydrogen-bond donors (Lipinski definition) is 1. The second kappa shape index (κ2) is 5.74. The van der Waals surface area contributed by atoms with Crippen LogP contribution in [0.15, 0.2) is 22.7 Å². The van der Waals surface area contributed by atoms with Crippen molar-refractivity contribution in [1.82, 2.24) is 5.32 Å². The number of carbonyl (C=O) groups is 2. The molecule has 0 spiro atoms. The summed E-state index contributed by atoms with van der Waals surface area (Å²) >= 11 is 9.31. The molecule has 0 saturated carbocycles. The Morgan fingerprint density at radius 2 is 2.00 bits per heavy atom. The number of nitrogens with zero attached hydrogens (tertiary/aromatic N) is 1. The maximum atomic E-state index is 12.7. The number of halogens is 2. The SMILES string of the molecule is CCC1(CC)NC(=O)CN(c2ccc(Cl)c(Br)c2)C1=O. The zero-order chi connectivity index (χ0) is 14.9. The summed E-state index contributed by atoms with van der Waals surface area (Å²) in [6.07, 6.45) is 1.14. The zero-order valence-electron chi connectivity index (χ0n) is 11.4. The molecule has 0 radical (unpaired) electrons. The van der Waals surface area contributed by atoms with E-state index >= 15 is 0 Å². The Kier molecular flexibility index (Phi) is 4.39. The van der Waals surface area contributed by atoms with Gasteiger partial charge in [-0.05, 0) is 47.0 Å². The van der Waals surface area contributed by atoms with Crippen LogP contribution in [-0.2, 0) is 9.59 Å². The third-order valence-electron chi connectivity index (χ3n) is 3.76. The van der Waals surface area contributed by atoms with Gasteiger partial charge < -0.3 is 10.2 Å². The maximum Gasteiger partial charge on any atom is 0.253 e. The van der Waals surface area contributed by atoms with E-state index in [2.05, 4.69) is 21.2 Å². The summed E-state index contributed by atoms with van der Waals surface area (Å²) in [5.41, 5.74) is -0.131. The minimum Gasteiger partial charge on any atom is -0.340 e. The van der Waals surface area contributed by atoms with Gasteiger partial charge >= 0.3 is 0 Å². The van der Waals surface area contributed by atoms with Crippen molar-refractivity contribution in [3.63, 3.8) is 0 Å². The second-order valence-electron chi connectivity index (χ2n) is 4.83. The van der Waals surface area contributed by atoms with Gasteiger partial charge in [0.15, 0.2) is 0 Å². The summed E-state index contributed by atoms with van der Waals surface area (Å²) in [6.45, 7) is 3.85. The molecule has 4 nitrogen and oxygen atoms in total. The smallest absolute Gasteiger partial charge is 0.253 e. The fourth-order valence-corrected chi connectivity index (χ4v) is 2.91. The van der Waals surface area contributed by atoms with Crippen LogP contribution in [0.3, 0.4) is 0 Å². The lowest BCUT2D eigenvalue weighted by Gasteiger charge is -2.41. The number of benzene rings is 1. The van der Waals surface area contributed by atoms with Gasteiger partial charge in [-0.25, -0.2) is 0 Å². The number of piperazine rings is 1. The van der Waals surface area contributed by atoms with Crippen LogP contribution in [-0.4, -0.2) is 23.9 Å². The predicted molar refractivity (Wildman–Crippen MR) is 83.0 cm³/mol. The summed E-state index contributed by atoms with van der Waals surface area (Å²) < 4.78 is 0.703. The highest BCUT2D eigenvalue weighted by atomic mass is 79.9. The molecule has 0 aromatic heterocycles. The molecule has 0 atom stereocenters. The first kappa shape index (κ1) is 15.3. The van der Waals surface area contributed by atoms with Crippen molar-refractivity contribution in [2.24, 2.45) is 0 Å². The fraction of sp³-hybridized carbons (Fsp3) is 0.429. The molecule has 1 saturated heterocycles. The molecule has 2 rings (SSSR count). The van der Waals surface area contributed by atoms with Gasteiger partial charge in [-0.1, -0.05) is 25.4 Å². The highest BCUT2D eigenvalue weighted by Crippen LogP contribution is 2.31. The second-order valence-corrected chi connectivity index (χ2v) is 6.09. The van der Waals surface area contributed by atoms with Crippen LogP contribution in [0.1, 0.15) is 26.7 Å². The van der Waals surface area contributed by atoms with Gasteiger partial charge in [0, 0.05) is 10.2 Å². The molecule has 1 aromatic rings. The first-order valence-corrected chi connectivity index (χ1v) is 7.68. The van der Waals surface area contributed by atoms with Crippen LogP contribution in [0.2, 0.25) is 5.02 Å². The normalized spacial score (nSPS) is 18.1. The number of nitrogens with one attached hydrogen (secondary N) is 1. The van der Waals surface area contributed by atoms with Gasteiger partial charge in [0.25, 0.3) is 5.91 Å². The zero-order valence-corrected chi connectivity index (χ0v) is 13.7. The molecule has 1 N–H and O–H groups in total. The van der Waals surface area contributed by atoms with E-state index in [1.165, 1.54) is 4.90 Å². The number of carbonyl (C=O) groups excluding carboxylic acids is 2. The topological polar surface area (TPSA) is 49.4 Å². The van der Waals surface area contributed by atoms with Crippen LogP contribution in [0.5, 0.6) is 0 Å². The lowest BCUT2D eigenvalue weighted by Crippen LogP contribution is -2.66. The molecule has 1 aromatic carbocycles. The average molecular weight is 360 g/mol. The first-order chi connectivity index (χ1) is 9.43. The summed E-state index contributed by atoms with van der Waals surface area (Å²) in [5, 5.41) is 3.41. The van der Waals surface area contributed by atoms with E-state index in [9.17, 15) is 9.59 Å². The number of hydrogen-bond acceptors (Lipinski definition) is 2. The summed E-state index contributed by atoms with van der Waals surface area (Å²) in [6, 6.07) is 5.22. The van der Waals surface area contributed by atoms with Gasteiger partial charge in [0.1, 0.15) is 12.1 Å². The van der Waals surface area contributed by atoms with Crippen LogP contribution < -0.4 is 10.2 Å². The molecule has 20 heavy (non-hydrogen) atoms. The molecule has 1 aliphatic rings. The van der Waals surface area contributed by atoms with Crippen molar-refractivity contribution < 1.29 is 9.59 Å². The molecule has 2 amide bonds. The molecular weight excluding hydrogens is 344 g/mol. The monoisotopic (exact) mass is 358 g/mol. The molecule has 1 heterocycles. The van der Waals surface area contributed by atoms with E-state index in [-0.39, 0.29) is 18.4 Å². The van der Waals surface area contributed by atoms with Gasteiger partial charge in [-0.3, -0.25) is 9.59 Å². The molecule has 108 valence electrons. The Labute approximate surface area is 131 Å². The standard InChI is InChI=1S/C14H16BrClN2O2/c1-3-14(4-2)13(20)18(8-12(19)17-14)9-5-6-11(16)10(15)7-9/h5-7H,3-4,8H2,1-2H3,(H,17,19). The van der Waals surface area contributed by atoms with Crippen molar-refractivity contribution in [2.75, 3.05) is 11.4 Å². The fourth-order valence-electron chi connectivity index (χ4n) is 2.42. The van der Waals surface area contributed by atoms with Crippen molar-refractivity contribution >= 4 is 45.0 Å². The molecule has 0 unspecified atom stereocenters. The van der Waals surface area contributed by atoms with Crippen molar-refractivity contribution in [1.29, 1.82) is 0 Å². The summed E-state index contributed by atoms with van der Waals surface area (Å²) in [5.74, 6) is -0.212. The van der Waals surface area contributed by atoms with E-state index in [4.69, 9.17) is 11.6 Å². The van der Waals surface area contributed by atoms with Crippen LogP contribution in [0, 0.1) is 0 Å². The van der Waals surface area contributed by atoms with E-state index < -0.39 is 5.54 Å². The number of amides is 2. The molecule has 0 bridgehead atoms. The number of anilines is 1. The highest BCUT2D eigenvalue weighted by Gasteiger charge is 2.44. The van der Waals surface area contributed by atoms with Crippen molar-refractivity contribution in [3.8, 4) is 0 Å². The van der Waals surface area contributed by atoms with Crippen molar-refractivity contribution in [3.05, 3.63) is 27.7 Å². The van der Waals surface area contributed by atoms with E-state index in [1.807, 2.05) is 13.8 Å². The van der Waals surface area contributed by atoms with Gasteiger partial charge in [0.05, 0.1) is 5.02 Å². The van der Waals surface area contributed by atoms with E-state index in [0.29, 0.717) is 28.0 Å². The van der Waals surface area contributed by atoms with Gasteiger partial charge in [-0.15, -0.1) is 0 Å². The highest BCUT2D eigenvalue weighted by molar-refractivity contribution is 9.10. The van der Waals surface area contributed by atoms with E-state index in [0.717, 1.165) is 0 Å². The average Bonchev–Trinajstić information content (AvgIpc) is 2.44. The maximum absolute atomic E-state index is 12.7. The van der Waals surface area contributed by atoms with Crippen LogP contribution in [0.4, 0.5) is 5.69 Å². The van der Waals surface area contributed by atoms with E-state index in [1.54, 1.807) is 18.2 Å². The Hall–Kier alpha value is -1.07. The Morgan fingerprint density at radius 3 is 2.55 bits per heavy atom. The Balaban J connectivity index is 2.42. The molecule has 0 aliphatic carbocycles. The van der Waals surface area contributed by atoms with Crippen molar-refractivity contribution in [2.45, 2.75) is 32.2 Å². The molecule has 6 heteroatoms. The quantitative estimate of drug-likeness (QED) is 0.901. The summed E-state index contributed by atoms with van der Waals surface area (Å²) in [4.78, 5) is 26.2. The molecule has 1 fully saturated rings. The van der Waals surface area contributed by atoms with Crippen LogP contribution >= 0.6 is 27.5 Å². The Morgan fingerprint density at radius 1 is 1.35 bits per heavy atom. The Bertz CT molecular complexity index is 558. The first-order valence-electron chi connectivity index (χ1n) is 6.51. The van der Waals surface area contributed by atoms with Gasteiger partial charge in [-0.2, -0.15) is 0 Å². The number of rotatable bonds is 3.